The third-order valence-electron chi connectivity index (χ3n) is 4.44. The molecule has 0 amide bonds. The van der Waals surface area contributed by atoms with E-state index in [1.165, 1.54) is 18.4 Å². The molecule has 0 bridgehead atoms. The van der Waals surface area contributed by atoms with Crippen LogP contribution in [0.1, 0.15) is 40.0 Å². The van der Waals surface area contributed by atoms with Gasteiger partial charge in [-0.25, -0.2) is 0 Å². The monoisotopic (exact) mass is 220 g/mol. The second-order valence-corrected chi connectivity index (χ2v) is 5.96. The smallest absolute Gasteiger partial charge is 0.0560 e. The van der Waals surface area contributed by atoms with Gasteiger partial charge in [0.25, 0.3) is 0 Å². The Labute approximate surface area is 99.6 Å². The third-order valence-corrected chi connectivity index (χ3v) is 4.44. The van der Waals surface area contributed by atoms with Crippen LogP contribution in [0.3, 0.4) is 0 Å². The molecule has 0 radical (unpaired) electrons. The molecule has 1 saturated heterocycles. The number of fused-ring (bicyclic) bond motifs is 1. The molecular formula is C15H24O. The van der Waals surface area contributed by atoms with E-state index >= 15 is 0 Å². The van der Waals surface area contributed by atoms with Gasteiger partial charge in [0.1, 0.15) is 0 Å². The fraction of sp³-hybridized carbons (Fsp3) is 0.733. The standard InChI is InChI=1S/C15H24O/c1-11(2)8-13-7-5-6-12(3)14-9-16-10-15(13,14)4/h7,12,14H,1,5-6,8-10H2,2-4H3/t12-,14+,15-/m1/s1. The van der Waals surface area contributed by atoms with E-state index in [-0.39, 0.29) is 5.41 Å². The van der Waals surface area contributed by atoms with Gasteiger partial charge < -0.3 is 4.74 Å². The van der Waals surface area contributed by atoms with Crippen molar-refractivity contribution in [3.8, 4) is 0 Å². The molecule has 0 unspecified atom stereocenters. The van der Waals surface area contributed by atoms with Crippen LogP contribution < -0.4 is 0 Å². The van der Waals surface area contributed by atoms with Gasteiger partial charge >= 0.3 is 0 Å². The third kappa shape index (κ3) is 1.98. The van der Waals surface area contributed by atoms with Crippen LogP contribution in [0.15, 0.2) is 23.8 Å². The van der Waals surface area contributed by atoms with E-state index in [1.807, 2.05) is 0 Å². The van der Waals surface area contributed by atoms with Crippen molar-refractivity contribution in [2.75, 3.05) is 13.2 Å². The number of ether oxygens (including phenoxy) is 1. The van der Waals surface area contributed by atoms with Crippen LogP contribution in [0.4, 0.5) is 0 Å². The van der Waals surface area contributed by atoms with Crippen molar-refractivity contribution in [1.29, 1.82) is 0 Å². The minimum absolute atomic E-state index is 0.273. The van der Waals surface area contributed by atoms with Crippen LogP contribution in [-0.2, 0) is 4.74 Å². The van der Waals surface area contributed by atoms with Crippen LogP contribution in [0.5, 0.6) is 0 Å². The SMILES string of the molecule is C=C(C)CC1=CCC[C@@H](C)[C@@H]2COC[C@]12C. The Bertz CT molecular complexity index is 315. The van der Waals surface area contributed by atoms with E-state index in [0.717, 1.165) is 25.6 Å². The largest absolute Gasteiger partial charge is 0.380 e. The molecule has 0 aromatic heterocycles. The predicted molar refractivity (Wildman–Crippen MR) is 68.3 cm³/mol. The minimum Gasteiger partial charge on any atom is -0.380 e. The molecule has 1 heteroatoms. The summed E-state index contributed by atoms with van der Waals surface area (Å²) in [4.78, 5) is 0. The van der Waals surface area contributed by atoms with Gasteiger partial charge in [0, 0.05) is 5.41 Å². The molecule has 1 heterocycles. The van der Waals surface area contributed by atoms with Crippen molar-refractivity contribution in [3.63, 3.8) is 0 Å². The van der Waals surface area contributed by atoms with Crippen LogP contribution in [0.25, 0.3) is 0 Å². The van der Waals surface area contributed by atoms with Crippen LogP contribution in [0, 0.1) is 17.3 Å². The number of allylic oxidation sites excluding steroid dienone is 2. The highest BCUT2D eigenvalue weighted by Crippen LogP contribution is 2.49. The topological polar surface area (TPSA) is 9.23 Å². The van der Waals surface area contributed by atoms with Gasteiger partial charge in [0.05, 0.1) is 13.2 Å². The summed E-state index contributed by atoms with van der Waals surface area (Å²) in [6.07, 6.45) is 6.06. The molecule has 0 saturated carbocycles. The van der Waals surface area contributed by atoms with Crippen molar-refractivity contribution < 1.29 is 4.74 Å². The Kier molecular flexibility index (Phi) is 3.25. The molecule has 0 spiro atoms. The molecule has 0 N–H and O–H groups in total. The first-order valence-corrected chi connectivity index (χ1v) is 6.45. The van der Waals surface area contributed by atoms with Crippen molar-refractivity contribution in [1.82, 2.24) is 0 Å². The second kappa shape index (κ2) is 4.37. The minimum atomic E-state index is 0.273. The van der Waals surface area contributed by atoms with Crippen molar-refractivity contribution in [3.05, 3.63) is 23.8 Å². The summed E-state index contributed by atoms with van der Waals surface area (Å²) >= 11 is 0. The average Bonchev–Trinajstić information content (AvgIpc) is 2.55. The lowest BCUT2D eigenvalue weighted by Crippen LogP contribution is -2.31. The number of hydrogen-bond donors (Lipinski definition) is 0. The molecular weight excluding hydrogens is 196 g/mol. The van der Waals surface area contributed by atoms with Gasteiger partial charge in [-0.1, -0.05) is 37.6 Å². The Hall–Kier alpha value is -0.560. The quantitative estimate of drug-likeness (QED) is 0.640. The maximum atomic E-state index is 5.76. The zero-order chi connectivity index (χ0) is 11.8. The molecule has 3 atom stereocenters. The second-order valence-electron chi connectivity index (χ2n) is 5.96. The molecule has 2 aliphatic rings. The molecule has 16 heavy (non-hydrogen) atoms. The van der Waals surface area contributed by atoms with E-state index in [2.05, 4.69) is 33.4 Å². The van der Waals surface area contributed by atoms with Gasteiger partial charge in [0.15, 0.2) is 0 Å². The molecule has 1 aliphatic carbocycles. The highest BCUT2D eigenvalue weighted by atomic mass is 16.5. The number of hydrogen-bond acceptors (Lipinski definition) is 1. The zero-order valence-electron chi connectivity index (χ0n) is 10.9. The van der Waals surface area contributed by atoms with E-state index < -0.39 is 0 Å². The Balaban J connectivity index is 2.28. The predicted octanol–water partition coefficient (Wildman–Crippen LogP) is 3.96. The molecule has 1 fully saturated rings. The molecule has 90 valence electrons. The first kappa shape index (κ1) is 11.9. The Morgan fingerprint density at radius 3 is 3.06 bits per heavy atom. The van der Waals surface area contributed by atoms with Gasteiger partial charge in [-0.15, -0.1) is 0 Å². The lowest BCUT2D eigenvalue weighted by atomic mass is 9.68. The van der Waals surface area contributed by atoms with Gasteiger partial charge in [-0.3, -0.25) is 0 Å². The fourth-order valence-electron chi connectivity index (χ4n) is 3.37. The maximum absolute atomic E-state index is 5.76. The Morgan fingerprint density at radius 2 is 2.38 bits per heavy atom. The Morgan fingerprint density at radius 1 is 1.62 bits per heavy atom. The molecule has 2 rings (SSSR count). The van der Waals surface area contributed by atoms with Gasteiger partial charge in [0.2, 0.25) is 0 Å². The zero-order valence-corrected chi connectivity index (χ0v) is 10.9. The first-order valence-electron chi connectivity index (χ1n) is 6.45. The summed E-state index contributed by atoms with van der Waals surface area (Å²) in [6, 6.07) is 0. The van der Waals surface area contributed by atoms with E-state index in [1.54, 1.807) is 5.57 Å². The maximum Gasteiger partial charge on any atom is 0.0560 e. The van der Waals surface area contributed by atoms with Gasteiger partial charge in [-0.2, -0.15) is 0 Å². The van der Waals surface area contributed by atoms with Gasteiger partial charge in [-0.05, 0) is 38.0 Å². The summed E-state index contributed by atoms with van der Waals surface area (Å²) in [7, 11) is 0. The molecule has 1 nitrogen and oxygen atoms in total. The summed E-state index contributed by atoms with van der Waals surface area (Å²) in [5.41, 5.74) is 3.12. The lowest BCUT2D eigenvalue weighted by molar-refractivity contribution is 0.168. The molecule has 0 aromatic rings. The first-order chi connectivity index (χ1) is 7.54. The van der Waals surface area contributed by atoms with Crippen LogP contribution in [-0.4, -0.2) is 13.2 Å². The van der Waals surface area contributed by atoms with Crippen molar-refractivity contribution >= 4 is 0 Å². The number of rotatable bonds is 2. The summed E-state index contributed by atoms with van der Waals surface area (Å²) < 4.78 is 5.76. The van der Waals surface area contributed by atoms with Crippen LogP contribution in [0.2, 0.25) is 0 Å². The van der Waals surface area contributed by atoms with Crippen molar-refractivity contribution in [2.45, 2.75) is 40.0 Å². The van der Waals surface area contributed by atoms with E-state index in [0.29, 0.717) is 5.92 Å². The highest BCUT2D eigenvalue weighted by molar-refractivity contribution is 5.24. The normalized spacial score (nSPS) is 38.8. The molecule has 0 aromatic carbocycles. The van der Waals surface area contributed by atoms with Crippen LogP contribution >= 0.6 is 0 Å². The van der Waals surface area contributed by atoms with E-state index in [4.69, 9.17) is 4.74 Å². The lowest BCUT2D eigenvalue weighted by Gasteiger charge is -2.34. The summed E-state index contributed by atoms with van der Waals surface area (Å²) in [5, 5.41) is 0. The van der Waals surface area contributed by atoms with Crippen molar-refractivity contribution in [2.24, 2.45) is 17.3 Å². The molecule has 1 aliphatic heterocycles. The fourth-order valence-corrected chi connectivity index (χ4v) is 3.37. The average molecular weight is 220 g/mol. The highest BCUT2D eigenvalue weighted by Gasteiger charge is 2.45. The van der Waals surface area contributed by atoms with E-state index in [9.17, 15) is 0 Å². The summed E-state index contributed by atoms with van der Waals surface area (Å²) in [5.74, 6) is 1.49. The summed E-state index contributed by atoms with van der Waals surface area (Å²) in [6.45, 7) is 12.8.